The zero-order chi connectivity index (χ0) is 14.2. The Labute approximate surface area is 109 Å². The SMILES string of the molecule is C=C(C)C(=O)OCC[N+](C)(C)CCCCC(=O)O. The first-order chi connectivity index (χ1) is 8.24. The van der Waals surface area contributed by atoms with Crippen LogP contribution in [0.4, 0.5) is 0 Å². The van der Waals surface area contributed by atoms with Gasteiger partial charge in [0.05, 0.1) is 20.6 Å². The average molecular weight is 258 g/mol. The molecule has 0 saturated carbocycles. The number of quaternary nitrogens is 1. The van der Waals surface area contributed by atoms with Crippen molar-refractivity contribution in [3.05, 3.63) is 12.2 Å². The molecular formula is C13H24NO4+. The van der Waals surface area contributed by atoms with Crippen molar-refractivity contribution in [1.82, 2.24) is 0 Å². The van der Waals surface area contributed by atoms with Crippen molar-refractivity contribution < 1.29 is 23.9 Å². The number of carboxylic acid groups (broad SMARTS) is 1. The number of hydrogen-bond acceptors (Lipinski definition) is 3. The molecule has 0 aliphatic rings. The molecule has 0 spiro atoms. The normalized spacial score (nSPS) is 11.1. The summed E-state index contributed by atoms with van der Waals surface area (Å²) in [6.07, 6.45) is 1.75. The molecular weight excluding hydrogens is 234 g/mol. The molecule has 0 saturated heterocycles. The van der Waals surface area contributed by atoms with Gasteiger partial charge in [-0.1, -0.05) is 6.58 Å². The average Bonchev–Trinajstić information content (AvgIpc) is 2.23. The van der Waals surface area contributed by atoms with Crippen molar-refractivity contribution in [2.24, 2.45) is 0 Å². The van der Waals surface area contributed by atoms with Crippen molar-refractivity contribution in [1.29, 1.82) is 0 Å². The van der Waals surface area contributed by atoms with E-state index in [1.54, 1.807) is 6.92 Å². The largest absolute Gasteiger partial charge is 0.481 e. The van der Waals surface area contributed by atoms with Gasteiger partial charge >= 0.3 is 11.9 Å². The zero-order valence-electron chi connectivity index (χ0n) is 11.6. The van der Waals surface area contributed by atoms with E-state index >= 15 is 0 Å². The minimum atomic E-state index is -0.754. The number of hydrogen-bond donors (Lipinski definition) is 1. The predicted molar refractivity (Wildman–Crippen MR) is 69.1 cm³/mol. The second-order valence-corrected chi connectivity index (χ2v) is 5.15. The van der Waals surface area contributed by atoms with Crippen LogP contribution in [0.25, 0.3) is 0 Å². The van der Waals surface area contributed by atoms with Gasteiger partial charge in [-0.15, -0.1) is 0 Å². The second-order valence-electron chi connectivity index (χ2n) is 5.15. The quantitative estimate of drug-likeness (QED) is 0.294. The van der Waals surface area contributed by atoms with Crippen molar-refractivity contribution in [3.8, 4) is 0 Å². The minimum Gasteiger partial charge on any atom is -0.481 e. The Bertz CT molecular complexity index is 310. The molecule has 0 fully saturated rings. The molecule has 0 atom stereocenters. The molecule has 0 radical (unpaired) electrons. The number of esters is 1. The molecule has 0 aliphatic heterocycles. The van der Waals surface area contributed by atoms with Crippen LogP contribution in [0.1, 0.15) is 26.2 Å². The summed E-state index contributed by atoms with van der Waals surface area (Å²) in [6, 6.07) is 0. The lowest BCUT2D eigenvalue weighted by Crippen LogP contribution is -2.43. The van der Waals surface area contributed by atoms with Gasteiger partial charge in [0.15, 0.2) is 0 Å². The van der Waals surface area contributed by atoms with Crippen LogP contribution in [-0.2, 0) is 14.3 Å². The summed E-state index contributed by atoms with van der Waals surface area (Å²) < 4.78 is 5.75. The molecule has 5 nitrogen and oxygen atoms in total. The first-order valence-electron chi connectivity index (χ1n) is 6.11. The third kappa shape index (κ3) is 8.75. The van der Waals surface area contributed by atoms with Gasteiger partial charge in [-0.3, -0.25) is 4.79 Å². The molecule has 0 aromatic heterocycles. The molecule has 0 unspecified atom stereocenters. The minimum absolute atomic E-state index is 0.213. The topological polar surface area (TPSA) is 63.6 Å². The molecule has 0 aromatic carbocycles. The first kappa shape index (κ1) is 16.6. The Balaban J connectivity index is 3.76. The van der Waals surface area contributed by atoms with E-state index in [4.69, 9.17) is 9.84 Å². The molecule has 1 N–H and O–H groups in total. The van der Waals surface area contributed by atoms with Crippen molar-refractivity contribution in [2.75, 3.05) is 33.8 Å². The van der Waals surface area contributed by atoms with Crippen molar-refractivity contribution in [3.63, 3.8) is 0 Å². The summed E-state index contributed by atoms with van der Waals surface area (Å²) in [7, 11) is 4.07. The summed E-state index contributed by atoms with van der Waals surface area (Å²) in [5.74, 6) is -1.11. The third-order valence-electron chi connectivity index (χ3n) is 2.68. The lowest BCUT2D eigenvalue weighted by molar-refractivity contribution is -0.890. The smallest absolute Gasteiger partial charge is 0.333 e. The fourth-order valence-corrected chi connectivity index (χ4v) is 1.44. The van der Waals surface area contributed by atoms with E-state index in [0.29, 0.717) is 29.6 Å². The Morgan fingerprint density at radius 2 is 1.83 bits per heavy atom. The zero-order valence-corrected chi connectivity index (χ0v) is 11.6. The third-order valence-corrected chi connectivity index (χ3v) is 2.68. The predicted octanol–water partition coefficient (Wildman–Crippen LogP) is 1.44. The molecule has 104 valence electrons. The van der Waals surface area contributed by atoms with Gasteiger partial charge in [-0.25, -0.2) is 4.79 Å². The molecule has 0 amide bonds. The Morgan fingerprint density at radius 3 is 2.33 bits per heavy atom. The van der Waals surface area contributed by atoms with Gasteiger partial charge in [0.2, 0.25) is 0 Å². The summed E-state index contributed by atoms with van der Waals surface area (Å²) >= 11 is 0. The van der Waals surface area contributed by atoms with E-state index in [0.717, 1.165) is 13.0 Å². The molecule has 0 aliphatic carbocycles. The summed E-state index contributed by atoms with van der Waals surface area (Å²) in [4.78, 5) is 21.5. The van der Waals surface area contributed by atoms with Crippen LogP contribution in [-0.4, -0.2) is 55.3 Å². The number of ether oxygens (including phenoxy) is 1. The van der Waals surface area contributed by atoms with Crippen LogP contribution < -0.4 is 0 Å². The Hall–Kier alpha value is -1.36. The highest BCUT2D eigenvalue weighted by atomic mass is 16.5. The number of unbranched alkanes of at least 4 members (excludes halogenated alkanes) is 1. The van der Waals surface area contributed by atoms with Gasteiger partial charge in [-0.2, -0.15) is 0 Å². The highest BCUT2D eigenvalue weighted by Crippen LogP contribution is 2.04. The van der Waals surface area contributed by atoms with Gasteiger partial charge in [-0.05, 0) is 19.8 Å². The second kappa shape index (κ2) is 7.87. The van der Waals surface area contributed by atoms with E-state index in [1.165, 1.54) is 0 Å². The number of aliphatic carboxylic acids is 1. The van der Waals surface area contributed by atoms with Crippen molar-refractivity contribution in [2.45, 2.75) is 26.2 Å². The van der Waals surface area contributed by atoms with E-state index in [1.807, 2.05) is 14.1 Å². The fraction of sp³-hybridized carbons (Fsp3) is 0.692. The lowest BCUT2D eigenvalue weighted by Gasteiger charge is -2.29. The Kier molecular flexibility index (Phi) is 7.27. The van der Waals surface area contributed by atoms with Crippen LogP contribution in [0.5, 0.6) is 0 Å². The maximum absolute atomic E-state index is 11.2. The van der Waals surface area contributed by atoms with E-state index in [9.17, 15) is 9.59 Å². The fourth-order valence-electron chi connectivity index (χ4n) is 1.44. The van der Waals surface area contributed by atoms with Crippen molar-refractivity contribution >= 4 is 11.9 Å². The van der Waals surface area contributed by atoms with E-state index in [-0.39, 0.29) is 12.4 Å². The highest BCUT2D eigenvalue weighted by molar-refractivity contribution is 5.86. The number of carbonyl (C=O) groups excluding carboxylic acids is 1. The number of carboxylic acids is 1. The molecule has 0 bridgehead atoms. The standard InChI is InChI=1S/C13H23NO4/c1-11(2)13(17)18-10-9-14(3,4)8-6-5-7-12(15)16/h1,5-10H2,2-4H3/p+1. The molecule has 5 heteroatoms. The Morgan fingerprint density at radius 1 is 1.22 bits per heavy atom. The van der Waals surface area contributed by atoms with E-state index in [2.05, 4.69) is 6.58 Å². The number of nitrogens with zero attached hydrogens (tertiary/aromatic N) is 1. The monoisotopic (exact) mass is 258 g/mol. The summed E-state index contributed by atoms with van der Waals surface area (Å²) in [6.45, 7) is 7.08. The van der Waals surface area contributed by atoms with E-state index < -0.39 is 5.97 Å². The van der Waals surface area contributed by atoms with Crippen LogP contribution in [0.15, 0.2) is 12.2 Å². The number of rotatable bonds is 9. The summed E-state index contributed by atoms with van der Waals surface area (Å²) in [5.41, 5.74) is 0.404. The van der Waals surface area contributed by atoms with Crippen LogP contribution >= 0.6 is 0 Å². The maximum Gasteiger partial charge on any atom is 0.333 e. The van der Waals surface area contributed by atoms with Crippen LogP contribution in [0.3, 0.4) is 0 Å². The summed E-state index contributed by atoms with van der Waals surface area (Å²) in [5, 5.41) is 8.53. The van der Waals surface area contributed by atoms with Crippen LogP contribution in [0.2, 0.25) is 0 Å². The maximum atomic E-state index is 11.2. The highest BCUT2D eigenvalue weighted by Gasteiger charge is 2.15. The van der Waals surface area contributed by atoms with Gasteiger partial charge in [0.25, 0.3) is 0 Å². The first-order valence-corrected chi connectivity index (χ1v) is 6.11. The van der Waals surface area contributed by atoms with Gasteiger partial charge < -0.3 is 14.3 Å². The van der Waals surface area contributed by atoms with Crippen LogP contribution in [0, 0.1) is 0 Å². The molecule has 18 heavy (non-hydrogen) atoms. The molecule has 0 aromatic rings. The molecule has 0 heterocycles. The number of likely N-dealkylation sites (N-methyl/N-ethyl adjacent to an activating group) is 1. The van der Waals surface area contributed by atoms with Gasteiger partial charge in [0.1, 0.15) is 13.2 Å². The molecule has 0 rings (SSSR count). The van der Waals surface area contributed by atoms with Gasteiger partial charge in [0, 0.05) is 12.0 Å². The lowest BCUT2D eigenvalue weighted by atomic mass is 10.2. The number of carbonyl (C=O) groups is 2.